The summed E-state index contributed by atoms with van der Waals surface area (Å²) in [6.45, 7) is 3.15. The topological polar surface area (TPSA) is 55.3 Å². The molecular formula is C16H19N3O2S. The van der Waals surface area contributed by atoms with Crippen LogP contribution in [0.25, 0.3) is 0 Å². The summed E-state index contributed by atoms with van der Waals surface area (Å²) >= 11 is 1.13. The molecule has 1 unspecified atom stereocenters. The summed E-state index contributed by atoms with van der Waals surface area (Å²) in [5.74, 6) is 1.20. The summed E-state index contributed by atoms with van der Waals surface area (Å²) < 4.78 is 14.2. The van der Waals surface area contributed by atoms with Crippen molar-refractivity contribution in [2.45, 2.75) is 32.2 Å². The lowest BCUT2D eigenvalue weighted by molar-refractivity contribution is 0.0919. The van der Waals surface area contributed by atoms with E-state index in [1.807, 2.05) is 18.2 Å². The summed E-state index contributed by atoms with van der Waals surface area (Å²) in [7, 11) is 0. The van der Waals surface area contributed by atoms with Gasteiger partial charge < -0.3 is 9.64 Å². The lowest BCUT2D eigenvalue weighted by atomic mass is 10.0. The number of hydrogen-bond acceptors (Lipinski definition) is 6. The molecule has 6 heteroatoms. The number of benzene rings is 1. The predicted octanol–water partition coefficient (Wildman–Crippen LogP) is 3.18. The molecule has 3 rings (SSSR count). The third-order valence-electron chi connectivity index (χ3n) is 3.95. The molecule has 1 atom stereocenters. The second kappa shape index (κ2) is 6.87. The molecule has 0 saturated carbocycles. The fourth-order valence-electron chi connectivity index (χ4n) is 2.70. The molecular weight excluding hydrogens is 298 g/mol. The first-order chi connectivity index (χ1) is 10.8. The van der Waals surface area contributed by atoms with Crippen molar-refractivity contribution in [2.75, 3.05) is 18.1 Å². The first-order valence-electron chi connectivity index (χ1n) is 7.56. The predicted molar refractivity (Wildman–Crippen MR) is 86.8 cm³/mol. The van der Waals surface area contributed by atoms with E-state index in [1.165, 1.54) is 6.42 Å². The van der Waals surface area contributed by atoms with Crippen molar-refractivity contribution in [3.05, 3.63) is 35.9 Å². The molecule has 2 heterocycles. The van der Waals surface area contributed by atoms with Crippen molar-refractivity contribution < 1.29 is 9.53 Å². The molecule has 0 radical (unpaired) electrons. The molecule has 1 saturated heterocycles. The molecule has 0 N–H and O–H groups in total. The van der Waals surface area contributed by atoms with Crippen LogP contribution in [0.4, 0.5) is 5.82 Å². The lowest BCUT2D eigenvalue weighted by Gasteiger charge is -2.33. The molecule has 1 aromatic carbocycles. The van der Waals surface area contributed by atoms with Gasteiger partial charge in [-0.2, -0.15) is 4.37 Å². The second-order valence-corrected chi connectivity index (χ2v) is 6.04. The number of aromatic nitrogens is 2. The quantitative estimate of drug-likeness (QED) is 0.793. The van der Waals surface area contributed by atoms with E-state index in [4.69, 9.17) is 4.74 Å². The normalized spacial score (nSPS) is 18.2. The molecule has 0 aliphatic carbocycles. The number of rotatable bonds is 5. The van der Waals surface area contributed by atoms with Crippen LogP contribution < -0.4 is 9.64 Å². The Labute approximate surface area is 134 Å². The lowest BCUT2D eigenvalue weighted by Crippen LogP contribution is -2.37. The van der Waals surface area contributed by atoms with Crippen molar-refractivity contribution in [1.82, 2.24) is 8.75 Å². The number of piperidine rings is 1. The Balaban J connectivity index is 1.66. The van der Waals surface area contributed by atoms with E-state index < -0.39 is 0 Å². The van der Waals surface area contributed by atoms with Gasteiger partial charge in [-0.1, -0.05) is 30.3 Å². The van der Waals surface area contributed by atoms with Gasteiger partial charge in [0.1, 0.15) is 0 Å². The third kappa shape index (κ3) is 3.27. The maximum absolute atomic E-state index is 12.1. The Morgan fingerprint density at radius 2 is 2.14 bits per heavy atom. The van der Waals surface area contributed by atoms with Crippen molar-refractivity contribution >= 4 is 23.3 Å². The fraction of sp³-hybridized carbons (Fsp3) is 0.438. The van der Waals surface area contributed by atoms with E-state index in [0.717, 1.165) is 36.9 Å². The number of hydrogen-bond donors (Lipinski definition) is 0. The van der Waals surface area contributed by atoms with Gasteiger partial charge in [-0.15, -0.1) is 4.37 Å². The van der Waals surface area contributed by atoms with Crippen molar-refractivity contribution in [1.29, 1.82) is 0 Å². The number of ether oxygens (including phenoxy) is 1. The molecule has 0 bridgehead atoms. The van der Waals surface area contributed by atoms with Crippen LogP contribution in [0.1, 0.15) is 36.5 Å². The van der Waals surface area contributed by atoms with Gasteiger partial charge in [-0.3, -0.25) is 4.79 Å². The second-order valence-electron chi connectivity index (χ2n) is 5.51. The van der Waals surface area contributed by atoms with Crippen LogP contribution in [0.2, 0.25) is 0 Å². The molecule has 0 spiro atoms. The standard InChI is InChI=1S/C16H19N3O2S/c1-12-7-5-6-10-19(12)15-16(18-22-17-15)21-11-14(20)13-8-3-2-4-9-13/h2-4,8-9,12H,5-7,10-11H2,1H3. The Kier molecular flexibility index (Phi) is 4.68. The van der Waals surface area contributed by atoms with Crippen molar-refractivity contribution in [2.24, 2.45) is 0 Å². The molecule has 0 amide bonds. The average Bonchev–Trinajstić information content (AvgIpc) is 3.02. The summed E-state index contributed by atoms with van der Waals surface area (Å²) in [4.78, 5) is 14.3. The minimum absolute atomic E-state index is 0.00928. The number of nitrogens with zero attached hydrogens (tertiary/aromatic N) is 3. The number of Topliss-reactive ketones (excluding diaryl/α,β-unsaturated/α-hetero) is 1. The van der Waals surface area contributed by atoms with Gasteiger partial charge in [0.05, 0.1) is 11.7 Å². The van der Waals surface area contributed by atoms with E-state index >= 15 is 0 Å². The highest BCUT2D eigenvalue weighted by Gasteiger charge is 2.25. The minimum Gasteiger partial charge on any atom is -0.466 e. The zero-order valence-electron chi connectivity index (χ0n) is 12.6. The van der Waals surface area contributed by atoms with Crippen molar-refractivity contribution in [3.8, 4) is 5.88 Å². The van der Waals surface area contributed by atoms with E-state index in [0.29, 0.717) is 17.5 Å². The fourth-order valence-corrected chi connectivity index (χ4v) is 3.21. The van der Waals surface area contributed by atoms with Gasteiger partial charge >= 0.3 is 0 Å². The van der Waals surface area contributed by atoms with Gasteiger partial charge in [0.25, 0.3) is 5.88 Å². The first-order valence-corrected chi connectivity index (χ1v) is 8.29. The summed E-state index contributed by atoms with van der Waals surface area (Å²) in [5.41, 5.74) is 0.651. The SMILES string of the molecule is CC1CCCCN1c1nsnc1OCC(=O)c1ccccc1. The maximum atomic E-state index is 12.1. The van der Waals surface area contributed by atoms with Gasteiger partial charge in [-0.05, 0) is 26.2 Å². The largest absolute Gasteiger partial charge is 0.466 e. The Hall–Kier alpha value is -1.95. The van der Waals surface area contributed by atoms with E-state index in [1.54, 1.807) is 12.1 Å². The van der Waals surface area contributed by atoms with Gasteiger partial charge in [0.15, 0.2) is 12.4 Å². The third-order valence-corrected chi connectivity index (χ3v) is 4.46. The number of ketones is 1. The van der Waals surface area contributed by atoms with Crippen LogP contribution in [0, 0.1) is 0 Å². The van der Waals surface area contributed by atoms with Gasteiger partial charge in [-0.25, -0.2) is 0 Å². The van der Waals surface area contributed by atoms with E-state index in [-0.39, 0.29) is 12.4 Å². The number of anilines is 1. The number of carbonyl (C=O) groups excluding carboxylic acids is 1. The van der Waals surface area contributed by atoms with Crippen LogP contribution in [0.5, 0.6) is 5.88 Å². The molecule has 1 fully saturated rings. The molecule has 1 aliphatic heterocycles. The van der Waals surface area contributed by atoms with Gasteiger partial charge in [0, 0.05) is 18.2 Å². The van der Waals surface area contributed by atoms with Crippen LogP contribution in [-0.2, 0) is 0 Å². The zero-order chi connectivity index (χ0) is 15.4. The Morgan fingerprint density at radius 1 is 1.32 bits per heavy atom. The van der Waals surface area contributed by atoms with Crippen LogP contribution in [0.3, 0.4) is 0 Å². The van der Waals surface area contributed by atoms with Crippen LogP contribution >= 0.6 is 11.7 Å². The summed E-state index contributed by atoms with van der Waals surface area (Å²) in [5, 5.41) is 0. The summed E-state index contributed by atoms with van der Waals surface area (Å²) in [6.07, 6.45) is 3.56. The highest BCUT2D eigenvalue weighted by molar-refractivity contribution is 6.99. The van der Waals surface area contributed by atoms with Crippen molar-refractivity contribution in [3.63, 3.8) is 0 Å². The molecule has 22 heavy (non-hydrogen) atoms. The Morgan fingerprint density at radius 3 is 2.91 bits per heavy atom. The minimum atomic E-state index is -0.0498. The molecule has 1 aliphatic rings. The first kappa shape index (κ1) is 15.0. The molecule has 5 nitrogen and oxygen atoms in total. The molecule has 2 aromatic rings. The summed E-state index contributed by atoms with van der Waals surface area (Å²) in [6, 6.07) is 9.59. The molecule has 116 valence electrons. The Bertz CT molecular complexity index is 629. The van der Waals surface area contributed by atoms with Gasteiger partial charge in [0.2, 0.25) is 5.82 Å². The van der Waals surface area contributed by atoms with E-state index in [2.05, 4.69) is 20.6 Å². The monoisotopic (exact) mass is 317 g/mol. The zero-order valence-corrected chi connectivity index (χ0v) is 13.4. The average molecular weight is 317 g/mol. The maximum Gasteiger partial charge on any atom is 0.271 e. The van der Waals surface area contributed by atoms with Crippen LogP contribution in [0.15, 0.2) is 30.3 Å². The highest BCUT2D eigenvalue weighted by atomic mass is 32.1. The smallest absolute Gasteiger partial charge is 0.271 e. The molecule has 1 aromatic heterocycles. The number of carbonyl (C=O) groups is 1. The van der Waals surface area contributed by atoms with E-state index in [9.17, 15) is 4.79 Å². The van der Waals surface area contributed by atoms with Crippen LogP contribution in [-0.4, -0.2) is 33.7 Å². The highest BCUT2D eigenvalue weighted by Crippen LogP contribution is 2.31.